The number of carbonyl (C=O) groups is 1. The number of hydrogen-bond donors (Lipinski definition) is 0. The van der Waals surface area contributed by atoms with Gasteiger partial charge in [-0.15, -0.1) is 0 Å². The van der Waals surface area contributed by atoms with E-state index < -0.39 is 6.61 Å². The maximum atomic E-state index is 13.0. The molecule has 10 heteroatoms. The highest BCUT2D eigenvalue weighted by Gasteiger charge is 2.43. The number of rotatable bonds is 5. The number of hydrogen-bond acceptors (Lipinski definition) is 6. The summed E-state index contributed by atoms with van der Waals surface area (Å²) in [6.07, 6.45) is 2.69. The molecule has 2 aromatic rings. The van der Waals surface area contributed by atoms with Gasteiger partial charge >= 0.3 is 6.61 Å². The number of pyridine rings is 1. The van der Waals surface area contributed by atoms with Gasteiger partial charge in [0, 0.05) is 35.9 Å². The Balaban J connectivity index is 1.69. The predicted molar refractivity (Wildman–Crippen MR) is 106 cm³/mol. The standard InChI is InChI=1S/C19H15Cl2F2NO4S/c20-12-4-24-5-13(21)11(12)3-14(25)10-1-2-15(28-18(22)23)17-16(10)26-6-19(7-27-17)8-29-9-19/h1-2,4-5,18H,3,6-9H2. The molecule has 0 N–H and O–H groups in total. The number of aromatic nitrogens is 1. The summed E-state index contributed by atoms with van der Waals surface area (Å²) in [6.45, 7) is -2.41. The largest absolute Gasteiger partial charge is 0.488 e. The van der Waals surface area contributed by atoms with Crippen LogP contribution in [0.2, 0.25) is 10.0 Å². The second-order valence-corrected chi connectivity index (χ2v) is 8.70. The Morgan fingerprint density at radius 1 is 1.17 bits per heavy atom. The van der Waals surface area contributed by atoms with Crippen LogP contribution >= 0.6 is 35.0 Å². The molecule has 0 bridgehead atoms. The molecule has 4 rings (SSSR count). The summed E-state index contributed by atoms with van der Waals surface area (Å²) in [5, 5.41) is 0.523. The number of ketones is 1. The summed E-state index contributed by atoms with van der Waals surface area (Å²) >= 11 is 14.0. The fourth-order valence-electron chi connectivity index (χ4n) is 3.15. The van der Waals surface area contributed by atoms with Crippen LogP contribution in [0, 0.1) is 5.41 Å². The molecule has 1 fully saturated rings. The second-order valence-electron chi connectivity index (χ2n) is 6.90. The van der Waals surface area contributed by atoms with E-state index >= 15 is 0 Å². The van der Waals surface area contributed by atoms with Crippen LogP contribution in [0.25, 0.3) is 0 Å². The monoisotopic (exact) mass is 461 g/mol. The third-order valence-corrected chi connectivity index (χ3v) is 7.03. The molecule has 1 aromatic heterocycles. The number of halogens is 4. The first-order valence-electron chi connectivity index (χ1n) is 8.65. The van der Waals surface area contributed by atoms with E-state index in [0.29, 0.717) is 18.8 Å². The van der Waals surface area contributed by atoms with Gasteiger partial charge in [-0.05, 0) is 12.1 Å². The van der Waals surface area contributed by atoms with Crippen molar-refractivity contribution in [2.75, 3.05) is 24.7 Å². The lowest BCUT2D eigenvalue weighted by Crippen LogP contribution is -2.45. The van der Waals surface area contributed by atoms with Gasteiger partial charge in [0.05, 0.1) is 34.2 Å². The van der Waals surface area contributed by atoms with Crippen molar-refractivity contribution >= 4 is 40.7 Å². The van der Waals surface area contributed by atoms with Crippen molar-refractivity contribution in [3.05, 3.63) is 45.7 Å². The van der Waals surface area contributed by atoms with Gasteiger partial charge in [-0.3, -0.25) is 9.78 Å². The van der Waals surface area contributed by atoms with Gasteiger partial charge in [-0.2, -0.15) is 20.5 Å². The quantitative estimate of drug-likeness (QED) is 0.589. The summed E-state index contributed by atoms with van der Waals surface area (Å²) in [5.41, 5.74) is 0.412. The van der Waals surface area contributed by atoms with Crippen LogP contribution in [0.4, 0.5) is 8.78 Å². The zero-order valence-electron chi connectivity index (χ0n) is 14.9. The molecule has 0 unspecified atom stereocenters. The Hall–Kier alpha value is -1.77. The van der Waals surface area contributed by atoms with Crippen LogP contribution in [-0.2, 0) is 6.42 Å². The zero-order chi connectivity index (χ0) is 20.6. The highest BCUT2D eigenvalue weighted by Crippen LogP contribution is 2.48. The van der Waals surface area contributed by atoms with Crippen LogP contribution < -0.4 is 14.2 Å². The van der Waals surface area contributed by atoms with Crippen molar-refractivity contribution in [2.45, 2.75) is 13.0 Å². The van der Waals surface area contributed by atoms with Gasteiger partial charge in [-0.25, -0.2) is 0 Å². The summed E-state index contributed by atoms with van der Waals surface area (Å²) in [7, 11) is 0. The number of ether oxygens (including phenoxy) is 3. The van der Waals surface area contributed by atoms with E-state index in [1.165, 1.54) is 24.5 Å². The van der Waals surface area contributed by atoms with Gasteiger partial charge < -0.3 is 14.2 Å². The number of fused-ring (bicyclic) bond motifs is 1. The van der Waals surface area contributed by atoms with Crippen molar-refractivity contribution < 1.29 is 27.8 Å². The number of Topliss-reactive ketones (excluding diaryl/α,β-unsaturated/α-hetero) is 1. The van der Waals surface area contributed by atoms with Crippen molar-refractivity contribution in [1.29, 1.82) is 0 Å². The lowest BCUT2D eigenvalue weighted by atomic mass is 9.94. The average molecular weight is 462 g/mol. The first-order chi connectivity index (χ1) is 13.9. The van der Waals surface area contributed by atoms with E-state index in [1.54, 1.807) is 11.8 Å². The maximum absolute atomic E-state index is 13.0. The Bertz CT molecular complexity index is 936. The first-order valence-corrected chi connectivity index (χ1v) is 10.6. The molecule has 3 heterocycles. The molecule has 2 aliphatic heterocycles. The van der Waals surface area contributed by atoms with Gasteiger partial charge in [0.2, 0.25) is 5.75 Å². The highest BCUT2D eigenvalue weighted by molar-refractivity contribution is 8.00. The SMILES string of the molecule is O=C(Cc1c(Cl)cncc1Cl)c1ccc(OC(F)F)c2c1OCC1(CO2)CSC1. The molecule has 154 valence electrons. The van der Waals surface area contributed by atoms with Crippen LogP contribution in [0.3, 0.4) is 0 Å². The van der Waals surface area contributed by atoms with E-state index in [-0.39, 0.29) is 50.5 Å². The normalized spacial score (nSPS) is 17.0. The molecular formula is C19H15Cl2F2NO4S. The molecule has 0 saturated carbocycles. The van der Waals surface area contributed by atoms with E-state index in [4.69, 9.17) is 32.7 Å². The number of thioether (sulfide) groups is 1. The summed E-state index contributed by atoms with van der Waals surface area (Å²) in [6, 6.07) is 2.67. The van der Waals surface area contributed by atoms with Crippen LogP contribution in [0.1, 0.15) is 15.9 Å². The van der Waals surface area contributed by atoms with Crippen molar-refractivity contribution in [1.82, 2.24) is 4.98 Å². The van der Waals surface area contributed by atoms with Crippen LogP contribution in [-0.4, -0.2) is 42.1 Å². The molecule has 0 amide bonds. The molecule has 0 atom stereocenters. The number of nitrogens with zero attached hydrogens (tertiary/aromatic N) is 1. The first kappa shape index (κ1) is 20.5. The molecule has 2 aliphatic rings. The van der Waals surface area contributed by atoms with E-state index in [9.17, 15) is 13.6 Å². The van der Waals surface area contributed by atoms with E-state index in [2.05, 4.69) is 9.72 Å². The summed E-state index contributed by atoms with van der Waals surface area (Å²) in [5.74, 6) is 1.26. The lowest BCUT2D eigenvalue weighted by Gasteiger charge is -2.38. The molecule has 1 spiro atoms. The summed E-state index contributed by atoms with van der Waals surface area (Å²) < 4.78 is 42.0. The molecular weight excluding hydrogens is 447 g/mol. The molecule has 0 aliphatic carbocycles. The van der Waals surface area contributed by atoms with Crippen molar-refractivity contribution in [3.8, 4) is 17.2 Å². The van der Waals surface area contributed by atoms with Crippen molar-refractivity contribution in [3.63, 3.8) is 0 Å². The highest BCUT2D eigenvalue weighted by atomic mass is 35.5. The fraction of sp³-hybridized carbons (Fsp3) is 0.368. The Morgan fingerprint density at radius 2 is 1.83 bits per heavy atom. The van der Waals surface area contributed by atoms with E-state index in [0.717, 1.165) is 11.5 Å². The Labute approximate surface area is 179 Å². The van der Waals surface area contributed by atoms with Gasteiger partial charge in [0.25, 0.3) is 0 Å². The predicted octanol–water partition coefficient (Wildman–Crippen LogP) is 4.92. The van der Waals surface area contributed by atoms with Crippen LogP contribution in [0.5, 0.6) is 17.2 Å². The third kappa shape index (κ3) is 4.11. The molecule has 1 saturated heterocycles. The smallest absolute Gasteiger partial charge is 0.387 e. The lowest BCUT2D eigenvalue weighted by molar-refractivity contribution is -0.0516. The minimum Gasteiger partial charge on any atom is -0.488 e. The number of carbonyl (C=O) groups excluding carboxylic acids is 1. The minimum atomic E-state index is -3.03. The van der Waals surface area contributed by atoms with E-state index in [1.807, 2.05) is 0 Å². The Kier molecular flexibility index (Phi) is 5.77. The zero-order valence-corrected chi connectivity index (χ0v) is 17.3. The van der Waals surface area contributed by atoms with Gasteiger partial charge in [0.15, 0.2) is 17.3 Å². The molecule has 0 radical (unpaired) electrons. The van der Waals surface area contributed by atoms with Gasteiger partial charge in [0.1, 0.15) is 0 Å². The molecule has 5 nitrogen and oxygen atoms in total. The second kappa shape index (κ2) is 8.16. The molecule has 29 heavy (non-hydrogen) atoms. The minimum absolute atomic E-state index is 0.0110. The van der Waals surface area contributed by atoms with Crippen LogP contribution in [0.15, 0.2) is 24.5 Å². The van der Waals surface area contributed by atoms with Gasteiger partial charge in [-0.1, -0.05) is 23.2 Å². The average Bonchev–Trinajstić information content (AvgIpc) is 2.85. The third-order valence-electron chi connectivity index (χ3n) is 4.74. The fourth-order valence-corrected chi connectivity index (χ4v) is 4.76. The number of alkyl halides is 2. The Morgan fingerprint density at radius 3 is 2.41 bits per heavy atom. The topological polar surface area (TPSA) is 57.7 Å². The maximum Gasteiger partial charge on any atom is 0.387 e. The molecule has 1 aromatic carbocycles. The van der Waals surface area contributed by atoms with Crippen molar-refractivity contribution in [2.24, 2.45) is 5.41 Å². The summed E-state index contributed by atoms with van der Waals surface area (Å²) in [4.78, 5) is 16.9. The number of benzene rings is 1.